The predicted molar refractivity (Wildman–Crippen MR) is 107 cm³/mol. The average molecular weight is 352 g/mol. The van der Waals surface area contributed by atoms with Crippen molar-refractivity contribution in [2.45, 2.75) is 13.3 Å². The van der Waals surface area contributed by atoms with Crippen LogP contribution in [-0.2, 0) is 11.2 Å². The quantitative estimate of drug-likeness (QED) is 0.813. The summed E-state index contributed by atoms with van der Waals surface area (Å²) in [7, 11) is 5.79. The van der Waals surface area contributed by atoms with E-state index in [1.807, 2.05) is 0 Å². The van der Waals surface area contributed by atoms with Crippen molar-refractivity contribution in [2.75, 3.05) is 34.2 Å². The molecule has 2 rings (SSSR count). The Morgan fingerprint density at radius 3 is 1.88 bits per heavy atom. The molecule has 0 aliphatic carbocycles. The van der Waals surface area contributed by atoms with Gasteiger partial charge in [0.2, 0.25) is 0 Å². The number of nitrogens with one attached hydrogen (secondary N) is 1. The molecule has 0 aromatic heterocycles. The summed E-state index contributed by atoms with van der Waals surface area (Å²) in [5.74, 6) is 5.59. The van der Waals surface area contributed by atoms with Gasteiger partial charge in [0.05, 0.1) is 6.54 Å². The van der Waals surface area contributed by atoms with Crippen LogP contribution in [0.25, 0.3) is 0 Å². The van der Waals surface area contributed by atoms with Gasteiger partial charge in [0.25, 0.3) is 0 Å². The molecule has 0 aliphatic heterocycles. The first-order valence-electron chi connectivity index (χ1n) is 8.59. The van der Waals surface area contributed by atoms with Crippen molar-refractivity contribution in [1.82, 2.24) is 10.2 Å². The molecule has 0 aliphatic rings. The molecule has 4 nitrogen and oxygen atoms in total. The molecule has 2 aromatic rings. The van der Waals surface area contributed by atoms with Gasteiger partial charge >= 0.3 is 5.97 Å². The Morgan fingerprint density at radius 1 is 1.00 bits per heavy atom. The Hall–Kier alpha value is -2.61. The second kappa shape index (κ2) is 11.9. The fourth-order valence-electron chi connectivity index (χ4n) is 2.04. The molecule has 0 radical (unpaired) electrons. The summed E-state index contributed by atoms with van der Waals surface area (Å²) in [6.07, 6.45) is 1.08. The number of aliphatic carboxylic acids is 1. The zero-order chi connectivity index (χ0) is 19.4. The molecule has 0 bridgehead atoms. The van der Waals surface area contributed by atoms with Crippen LogP contribution in [0.4, 0.5) is 0 Å². The van der Waals surface area contributed by atoms with Crippen LogP contribution in [0, 0.1) is 18.8 Å². The highest BCUT2D eigenvalue weighted by Crippen LogP contribution is 2.06. The second-order valence-corrected chi connectivity index (χ2v) is 6.29. The number of rotatable bonds is 5. The third kappa shape index (κ3) is 9.63. The Kier molecular flexibility index (Phi) is 9.78. The minimum absolute atomic E-state index is 0.0417. The van der Waals surface area contributed by atoms with Crippen LogP contribution in [-0.4, -0.2) is 50.2 Å². The van der Waals surface area contributed by atoms with Crippen LogP contribution >= 0.6 is 0 Å². The standard InChI is InChI=1S/C19H21N.C3H7NO2/c1-16-4-6-17(7-5-16)8-9-18-10-12-19(13-11-18)14-15-20(2)3;1-4-2-3(5)6/h4-7,10-13H,14-15H2,1-3H3;4H,2H2,1H3,(H,5,6). The van der Waals surface area contributed by atoms with Crippen LogP contribution in [0.15, 0.2) is 48.5 Å². The van der Waals surface area contributed by atoms with E-state index in [1.165, 1.54) is 11.1 Å². The van der Waals surface area contributed by atoms with Crippen LogP contribution in [0.2, 0.25) is 0 Å². The van der Waals surface area contributed by atoms with Crippen molar-refractivity contribution >= 4 is 5.97 Å². The smallest absolute Gasteiger partial charge is 0.317 e. The molecular formula is C22H28N2O2. The lowest BCUT2D eigenvalue weighted by Crippen LogP contribution is -2.16. The van der Waals surface area contributed by atoms with Crippen molar-refractivity contribution in [3.8, 4) is 11.8 Å². The number of benzene rings is 2. The minimum atomic E-state index is -0.822. The predicted octanol–water partition coefficient (Wildman–Crippen LogP) is 2.79. The molecule has 0 heterocycles. The molecule has 0 unspecified atom stereocenters. The first-order valence-corrected chi connectivity index (χ1v) is 8.59. The van der Waals surface area contributed by atoms with E-state index in [0.29, 0.717) is 0 Å². The van der Waals surface area contributed by atoms with E-state index in [2.05, 4.69) is 91.6 Å². The zero-order valence-electron chi connectivity index (χ0n) is 16.0. The van der Waals surface area contributed by atoms with Crippen LogP contribution < -0.4 is 5.32 Å². The number of likely N-dealkylation sites (N-methyl/N-ethyl adjacent to an activating group) is 2. The van der Waals surface area contributed by atoms with Gasteiger partial charge in [0.1, 0.15) is 0 Å². The largest absolute Gasteiger partial charge is 0.480 e. The van der Waals surface area contributed by atoms with Crippen molar-refractivity contribution in [3.63, 3.8) is 0 Å². The van der Waals surface area contributed by atoms with Gasteiger partial charge in [-0.25, -0.2) is 0 Å². The van der Waals surface area contributed by atoms with E-state index < -0.39 is 5.97 Å². The molecule has 2 N–H and O–H groups in total. The molecule has 0 atom stereocenters. The van der Waals surface area contributed by atoms with Crippen molar-refractivity contribution in [2.24, 2.45) is 0 Å². The minimum Gasteiger partial charge on any atom is -0.480 e. The highest BCUT2D eigenvalue weighted by Gasteiger charge is 1.95. The second-order valence-electron chi connectivity index (χ2n) is 6.29. The summed E-state index contributed by atoms with van der Waals surface area (Å²) in [4.78, 5) is 11.7. The third-order valence-electron chi connectivity index (χ3n) is 3.53. The lowest BCUT2D eigenvalue weighted by Gasteiger charge is -2.08. The maximum Gasteiger partial charge on any atom is 0.317 e. The molecule has 0 amide bonds. The molecule has 4 heteroatoms. The third-order valence-corrected chi connectivity index (χ3v) is 3.53. The number of carbonyl (C=O) groups is 1. The number of carboxylic acids is 1. The van der Waals surface area contributed by atoms with Gasteiger partial charge in [0, 0.05) is 17.7 Å². The Balaban J connectivity index is 0.000000487. The summed E-state index contributed by atoms with van der Waals surface area (Å²) >= 11 is 0. The fourth-order valence-corrected chi connectivity index (χ4v) is 2.04. The SMILES string of the molecule is CNCC(=O)O.Cc1ccc(C#Cc2ccc(CCN(C)C)cc2)cc1. The number of hydrogen-bond acceptors (Lipinski definition) is 3. The molecule has 0 saturated heterocycles. The first-order chi connectivity index (χ1) is 12.4. The van der Waals surface area contributed by atoms with Gasteiger partial charge in [-0.15, -0.1) is 0 Å². The molecular weight excluding hydrogens is 324 g/mol. The molecule has 138 valence electrons. The Morgan fingerprint density at radius 2 is 1.50 bits per heavy atom. The Bertz CT molecular complexity index is 723. The monoisotopic (exact) mass is 352 g/mol. The van der Waals surface area contributed by atoms with Crippen molar-refractivity contribution < 1.29 is 9.90 Å². The van der Waals surface area contributed by atoms with Gasteiger partial charge in [-0.05, 0) is 64.3 Å². The van der Waals surface area contributed by atoms with Gasteiger partial charge in [-0.2, -0.15) is 0 Å². The van der Waals surface area contributed by atoms with Gasteiger partial charge in [0.15, 0.2) is 0 Å². The summed E-state index contributed by atoms with van der Waals surface area (Å²) in [6.45, 7) is 3.21. The number of aryl methyl sites for hydroxylation is 1. The Labute approximate surface area is 156 Å². The van der Waals surface area contributed by atoms with Gasteiger partial charge in [-0.3, -0.25) is 4.79 Å². The lowest BCUT2D eigenvalue weighted by molar-refractivity contribution is -0.135. The summed E-state index contributed by atoms with van der Waals surface area (Å²) < 4.78 is 0. The summed E-state index contributed by atoms with van der Waals surface area (Å²) in [6, 6.07) is 16.9. The van der Waals surface area contributed by atoms with Crippen molar-refractivity contribution in [1.29, 1.82) is 0 Å². The molecule has 2 aromatic carbocycles. The van der Waals surface area contributed by atoms with Crippen LogP contribution in [0.1, 0.15) is 22.3 Å². The fraction of sp³-hybridized carbons (Fsp3) is 0.318. The normalized spacial score (nSPS) is 9.73. The molecule has 0 saturated carbocycles. The highest BCUT2D eigenvalue weighted by molar-refractivity contribution is 5.68. The van der Waals surface area contributed by atoms with Gasteiger partial charge < -0.3 is 15.3 Å². The van der Waals surface area contributed by atoms with E-state index in [0.717, 1.165) is 24.1 Å². The maximum absolute atomic E-state index is 9.54. The zero-order valence-corrected chi connectivity index (χ0v) is 16.0. The van der Waals surface area contributed by atoms with Crippen LogP contribution in [0.3, 0.4) is 0 Å². The number of carboxylic acid groups (broad SMARTS) is 1. The average Bonchev–Trinajstić information content (AvgIpc) is 2.61. The highest BCUT2D eigenvalue weighted by atomic mass is 16.4. The molecule has 0 fully saturated rings. The van der Waals surface area contributed by atoms with E-state index in [4.69, 9.17) is 5.11 Å². The number of hydrogen-bond donors (Lipinski definition) is 2. The summed E-state index contributed by atoms with van der Waals surface area (Å²) in [5.41, 5.74) is 4.76. The van der Waals surface area contributed by atoms with Crippen LogP contribution in [0.5, 0.6) is 0 Å². The molecule has 26 heavy (non-hydrogen) atoms. The van der Waals surface area contributed by atoms with E-state index in [-0.39, 0.29) is 6.54 Å². The topological polar surface area (TPSA) is 52.6 Å². The van der Waals surface area contributed by atoms with E-state index >= 15 is 0 Å². The summed E-state index contributed by atoms with van der Waals surface area (Å²) in [5, 5.41) is 10.3. The van der Waals surface area contributed by atoms with E-state index in [1.54, 1.807) is 7.05 Å². The van der Waals surface area contributed by atoms with Gasteiger partial charge in [-0.1, -0.05) is 41.7 Å². The first kappa shape index (κ1) is 21.4. The lowest BCUT2D eigenvalue weighted by atomic mass is 10.1. The maximum atomic E-state index is 9.54. The van der Waals surface area contributed by atoms with Crippen molar-refractivity contribution in [3.05, 3.63) is 70.8 Å². The molecule has 0 spiro atoms. The number of nitrogens with zero attached hydrogens (tertiary/aromatic N) is 1. The van der Waals surface area contributed by atoms with E-state index in [9.17, 15) is 4.79 Å².